The molecule has 0 bridgehead atoms. The topological polar surface area (TPSA) is 76.1 Å². The van der Waals surface area contributed by atoms with Crippen LogP contribution < -0.4 is 15.4 Å². The normalized spacial score (nSPS) is 11.1. The van der Waals surface area contributed by atoms with Gasteiger partial charge in [0.1, 0.15) is 5.75 Å². The summed E-state index contributed by atoms with van der Waals surface area (Å²) in [7, 11) is 0. The molecule has 0 spiro atoms. The third-order valence-electron chi connectivity index (χ3n) is 3.95. The number of aromatic nitrogens is 2. The number of benzene rings is 2. The van der Waals surface area contributed by atoms with E-state index in [0.717, 1.165) is 10.5 Å². The van der Waals surface area contributed by atoms with Crippen molar-refractivity contribution in [2.45, 2.75) is 29.7 Å². The van der Waals surface area contributed by atoms with Crippen LogP contribution in [0.1, 0.15) is 11.1 Å². The summed E-state index contributed by atoms with van der Waals surface area (Å²) in [5, 5.41) is 6.06. The first kappa shape index (κ1) is 22.4. The SMILES string of the molecule is Cc1cc(Sc2ncccn2)ccc1NC(=O)NCc1cccc(OCC(F)(F)F)c1. The molecule has 1 heterocycles. The number of carbonyl (C=O) groups is 1. The van der Waals surface area contributed by atoms with Gasteiger partial charge in [0, 0.05) is 29.5 Å². The lowest BCUT2D eigenvalue weighted by atomic mass is 10.2. The highest BCUT2D eigenvalue weighted by molar-refractivity contribution is 7.99. The second-order valence-electron chi connectivity index (χ2n) is 6.47. The van der Waals surface area contributed by atoms with E-state index in [-0.39, 0.29) is 12.3 Å². The smallest absolute Gasteiger partial charge is 0.422 e. The van der Waals surface area contributed by atoms with Crippen molar-refractivity contribution in [1.82, 2.24) is 15.3 Å². The number of halogens is 3. The molecule has 2 aromatic carbocycles. The minimum atomic E-state index is -4.41. The van der Waals surface area contributed by atoms with Gasteiger partial charge in [-0.3, -0.25) is 0 Å². The number of nitrogens with zero attached hydrogens (tertiary/aromatic N) is 2. The van der Waals surface area contributed by atoms with E-state index in [1.807, 2.05) is 19.1 Å². The Labute approximate surface area is 181 Å². The Balaban J connectivity index is 1.53. The molecule has 0 unspecified atom stereocenters. The van der Waals surface area contributed by atoms with Crippen LogP contribution in [0.15, 0.2) is 71.0 Å². The van der Waals surface area contributed by atoms with E-state index in [9.17, 15) is 18.0 Å². The van der Waals surface area contributed by atoms with E-state index < -0.39 is 18.8 Å². The van der Waals surface area contributed by atoms with Gasteiger partial charge in [0.05, 0.1) is 0 Å². The largest absolute Gasteiger partial charge is 0.484 e. The maximum absolute atomic E-state index is 12.3. The molecule has 0 aliphatic rings. The molecule has 0 aliphatic heterocycles. The van der Waals surface area contributed by atoms with Crippen LogP contribution in [0.4, 0.5) is 23.7 Å². The highest BCUT2D eigenvalue weighted by atomic mass is 32.2. The zero-order chi connectivity index (χ0) is 22.3. The van der Waals surface area contributed by atoms with Gasteiger partial charge >= 0.3 is 12.2 Å². The highest BCUT2D eigenvalue weighted by Gasteiger charge is 2.28. The fourth-order valence-corrected chi connectivity index (χ4v) is 3.35. The minimum absolute atomic E-state index is 0.0864. The van der Waals surface area contributed by atoms with Gasteiger partial charge in [-0.15, -0.1) is 0 Å². The fourth-order valence-electron chi connectivity index (χ4n) is 2.54. The number of ether oxygens (including phenoxy) is 1. The van der Waals surface area contributed by atoms with Crippen molar-refractivity contribution < 1.29 is 22.7 Å². The molecule has 0 saturated carbocycles. The molecule has 0 atom stereocenters. The number of aryl methyl sites for hydroxylation is 1. The van der Waals surface area contributed by atoms with Gasteiger partial charge in [-0.1, -0.05) is 12.1 Å². The number of urea groups is 1. The van der Waals surface area contributed by atoms with Gasteiger partial charge in [0.2, 0.25) is 0 Å². The summed E-state index contributed by atoms with van der Waals surface area (Å²) in [4.78, 5) is 21.5. The second kappa shape index (κ2) is 10.2. The number of hydrogen-bond acceptors (Lipinski definition) is 5. The second-order valence-corrected chi connectivity index (χ2v) is 7.51. The number of nitrogens with one attached hydrogen (secondary N) is 2. The standard InChI is InChI=1S/C21H19F3N4O2S/c1-14-10-17(31-20-25-8-3-9-26-20)6-7-18(14)28-19(29)27-12-15-4-2-5-16(11-15)30-13-21(22,23)24/h2-11H,12-13H2,1H3,(H2,27,28,29). The van der Waals surface area contributed by atoms with Crippen LogP contribution in [0.5, 0.6) is 5.75 Å². The number of alkyl halides is 3. The van der Waals surface area contributed by atoms with Crippen LogP contribution in [0.2, 0.25) is 0 Å². The van der Waals surface area contributed by atoms with Crippen molar-refractivity contribution in [3.05, 3.63) is 72.1 Å². The molecule has 10 heteroatoms. The summed E-state index contributed by atoms with van der Waals surface area (Å²) in [6.45, 7) is 0.634. The molecule has 2 amide bonds. The molecule has 2 N–H and O–H groups in total. The van der Waals surface area contributed by atoms with E-state index >= 15 is 0 Å². The van der Waals surface area contributed by atoms with Gasteiger partial charge < -0.3 is 15.4 Å². The van der Waals surface area contributed by atoms with Gasteiger partial charge in [-0.25, -0.2) is 14.8 Å². The van der Waals surface area contributed by atoms with Crippen LogP contribution >= 0.6 is 11.8 Å². The van der Waals surface area contributed by atoms with Crippen molar-refractivity contribution in [3.63, 3.8) is 0 Å². The van der Waals surface area contributed by atoms with Crippen molar-refractivity contribution in [2.24, 2.45) is 0 Å². The maximum atomic E-state index is 12.3. The first-order chi connectivity index (χ1) is 14.8. The summed E-state index contributed by atoms with van der Waals surface area (Å²) >= 11 is 1.41. The van der Waals surface area contributed by atoms with E-state index in [1.54, 1.807) is 36.7 Å². The first-order valence-corrected chi connectivity index (χ1v) is 9.99. The Hall–Kier alpha value is -3.27. The van der Waals surface area contributed by atoms with E-state index in [1.165, 1.54) is 23.9 Å². The van der Waals surface area contributed by atoms with Gasteiger partial charge in [-0.05, 0) is 66.2 Å². The lowest BCUT2D eigenvalue weighted by Crippen LogP contribution is -2.28. The first-order valence-electron chi connectivity index (χ1n) is 9.17. The van der Waals surface area contributed by atoms with Crippen LogP contribution in [0.3, 0.4) is 0 Å². The molecule has 162 valence electrons. The Morgan fingerprint density at radius 2 is 1.87 bits per heavy atom. The molecule has 0 radical (unpaired) electrons. The predicted octanol–water partition coefficient (Wildman–Crippen LogP) is 5.20. The molecule has 0 aliphatic carbocycles. The Morgan fingerprint density at radius 3 is 2.58 bits per heavy atom. The zero-order valence-electron chi connectivity index (χ0n) is 16.4. The van der Waals surface area contributed by atoms with Crippen LogP contribution in [-0.4, -0.2) is 28.8 Å². The molecule has 0 saturated heterocycles. The number of carbonyl (C=O) groups excluding carboxylic acids is 1. The molecule has 31 heavy (non-hydrogen) atoms. The number of hydrogen-bond donors (Lipinski definition) is 2. The minimum Gasteiger partial charge on any atom is -0.484 e. The Kier molecular flexibility index (Phi) is 7.35. The Morgan fingerprint density at radius 1 is 1.10 bits per heavy atom. The number of amides is 2. The van der Waals surface area contributed by atoms with Crippen molar-refractivity contribution in [1.29, 1.82) is 0 Å². The van der Waals surface area contributed by atoms with Gasteiger partial charge in [-0.2, -0.15) is 13.2 Å². The number of anilines is 1. The molecule has 3 rings (SSSR count). The molecular formula is C21H19F3N4O2S. The van der Waals surface area contributed by atoms with Gasteiger partial charge in [0.15, 0.2) is 11.8 Å². The van der Waals surface area contributed by atoms with E-state index in [0.29, 0.717) is 16.4 Å². The molecular weight excluding hydrogens is 429 g/mol. The highest BCUT2D eigenvalue weighted by Crippen LogP contribution is 2.28. The van der Waals surface area contributed by atoms with Crippen LogP contribution in [0, 0.1) is 6.92 Å². The summed E-state index contributed by atoms with van der Waals surface area (Å²) in [6.07, 6.45) is -1.07. The molecule has 0 fully saturated rings. The van der Waals surface area contributed by atoms with Crippen molar-refractivity contribution in [2.75, 3.05) is 11.9 Å². The van der Waals surface area contributed by atoms with E-state index in [4.69, 9.17) is 4.74 Å². The lowest BCUT2D eigenvalue weighted by molar-refractivity contribution is -0.153. The van der Waals surface area contributed by atoms with E-state index in [2.05, 4.69) is 20.6 Å². The van der Waals surface area contributed by atoms with Crippen molar-refractivity contribution in [3.8, 4) is 5.75 Å². The number of rotatable bonds is 7. The molecule has 3 aromatic rings. The maximum Gasteiger partial charge on any atom is 0.422 e. The van der Waals surface area contributed by atoms with Crippen LogP contribution in [-0.2, 0) is 6.54 Å². The molecule has 1 aromatic heterocycles. The van der Waals surface area contributed by atoms with Crippen molar-refractivity contribution >= 4 is 23.5 Å². The quantitative estimate of drug-likeness (QED) is 0.486. The predicted molar refractivity (Wildman–Crippen MR) is 111 cm³/mol. The summed E-state index contributed by atoms with van der Waals surface area (Å²) in [5.74, 6) is 0.0864. The third kappa shape index (κ3) is 7.49. The third-order valence-corrected chi connectivity index (χ3v) is 4.83. The summed E-state index contributed by atoms with van der Waals surface area (Å²) < 4.78 is 41.5. The lowest BCUT2D eigenvalue weighted by Gasteiger charge is -2.12. The molecule has 6 nitrogen and oxygen atoms in total. The fraction of sp³-hybridized carbons (Fsp3) is 0.190. The summed E-state index contributed by atoms with van der Waals surface area (Å²) in [5.41, 5.74) is 2.11. The monoisotopic (exact) mass is 448 g/mol. The van der Waals surface area contributed by atoms with Crippen LogP contribution in [0.25, 0.3) is 0 Å². The zero-order valence-corrected chi connectivity index (χ0v) is 17.3. The summed E-state index contributed by atoms with van der Waals surface area (Å²) in [6, 6.07) is 13.0. The van der Waals surface area contributed by atoms with Gasteiger partial charge in [0.25, 0.3) is 0 Å². The average molecular weight is 448 g/mol. The Bertz CT molecular complexity index is 1030. The average Bonchev–Trinajstić information content (AvgIpc) is 2.73.